The van der Waals surface area contributed by atoms with Gasteiger partial charge >= 0.3 is 0 Å². The second kappa shape index (κ2) is 5.19. The van der Waals surface area contributed by atoms with Gasteiger partial charge in [0.05, 0.1) is 11.1 Å². The highest BCUT2D eigenvalue weighted by Crippen LogP contribution is 2.38. The number of rotatable bonds is 2. The summed E-state index contributed by atoms with van der Waals surface area (Å²) in [5, 5.41) is 3.87. The first-order chi connectivity index (χ1) is 8.60. The number of hydrogen-bond donors (Lipinski definition) is 1. The predicted octanol–water partition coefficient (Wildman–Crippen LogP) is 3.40. The van der Waals surface area contributed by atoms with E-state index in [-0.39, 0.29) is 23.9 Å². The molecular formula is C12H12BrClFN3O. The normalized spacial score (nSPS) is 16.6. The van der Waals surface area contributed by atoms with E-state index in [4.69, 9.17) is 10.3 Å². The molecule has 0 radical (unpaired) electrons. The van der Waals surface area contributed by atoms with Crippen molar-refractivity contribution < 1.29 is 8.91 Å². The van der Waals surface area contributed by atoms with Crippen LogP contribution in [0.15, 0.2) is 27.2 Å². The van der Waals surface area contributed by atoms with Crippen LogP contribution in [0.2, 0.25) is 0 Å². The van der Waals surface area contributed by atoms with Crippen LogP contribution in [-0.2, 0) is 5.54 Å². The summed E-state index contributed by atoms with van der Waals surface area (Å²) in [6.45, 7) is 0. The molecule has 2 N–H and O–H groups in total. The molecule has 1 aliphatic carbocycles. The zero-order valence-electron chi connectivity index (χ0n) is 9.90. The lowest BCUT2D eigenvalue weighted by Gasteiger charge is -2.34. The fourth-order valence-corrected chi connectivity index (χ4v) is 2.52. The molecule has 2 aromatic rings. The Morgan fingerprint density at radius 2 is 2.11 bits per heavy atom. The van der Waals surface area contributed by atoms with Gasteiger partial charge in [-0.3, -0.25) is 0 Å². The second-order valence-electron chi connectivity index (χ2n) is 4.53. The lowest BCUT2D eigenvalue weighted by molar-refractivity contribution is 0.229. The maximum absolute atomic E-state index is 13.7. The van der Waals surface area contributed by atoms with Gasteiger partial charge in [0.2, 0.25) is 0 Å². The number of hydrogen-bond acceptors (Lipinski definition) is 4. The summed E-state index contributed by atoms with van der Waals surface area (Å²) in [6, 6.07) is 4.69. The minimum atomic E-state index is -0.501. The van der Waals surface area contributed by atoms with Gasteiger partial charge in [-0.2, -0.15) is 4.98 Å². The Bertz CT molecular complexity index is 580. The molecule has 0 amide bonds. The van der Waals surface area contributed by atoms with Gasteiger partial charge in [-0.25, -0.2) is 4.39 Å². The van der Waals surface area contributed by atoms with Gasteiger partial charge in [-0.1, -0.05) is 11.2 Å². The van der Waals surface area contributed by atoms with E-state index < -0.39 is 11.4 Å². The second-order valence-corrected chi connectivity index (χ2v) is 5.38. The highest BCUT2D eigenvalue weighted by atomic mass is 79.9. The number of nitrogens with two attached hydrogens (primary N) is 1. The monoisotopic (exact) mass is 347 g/mol. The molecule has 0 unspecified atom stereocenters. The van der Waals surface area contributed by atoms with Gasteiger partial charge in [0.25, 0.3) is 5.89 Å². The van der Waals surface area contributed by atoms with Gasteiger partial charge in [0.1, 0.15) is 5.82 Å². The molecule has 102 valence electrons. The van der Waals surface area contributed by atoms with Gasteiger partial charge in [-0.05, 0) is 47.3 Å². The van der Waals surface area contributed by atoms with Crippen molar-refractivity contribution in [1.29, 1.82) is 0 Å². The molecule has 0 atom stereocenters. The third kappa shape index (κ3) is 2.40. The van der Waals surface area contributed by atoms with Crippen LogP contribution in [0.25, 0.3) is 11.5 Å². The molecule has 0 saturated heterocycles. The van der Waals surface area contributed by atoms with E-state index in [9.17, 15) is 4.39 Å². The minimum Gasteiger partial charge on any atom is -0.334 e. The van der Waals surface area contributed by atoms with Crippen molar-refractivity contribution in [2.75, 3.05) is 0 Å². The third-order valence-corrected chi connectivity index (χ3v) is 3.95. The summed E-state index contributed by atoms with van der Waals surface area (Å²) in [7, 11) is 0. The van der Waals surface area contributed by atoms with Crippen molar-refractivity contribution in [1.82, 2.24) is 10.1 Å². The van der Waals surface area contributed by atoms with Gasteiger partial charge < -0.3 is 10.3 Å². The summed E-state index contributed by atoms with van der Waals surface area (Å²) in [6.07, 6.45) is 2.73. The summed E-state index contributed by atoms with van der Waals surface area (Å²) >= 11 is 3.28. The van der Waals surface area contributed by atoms with E-state index in [2.05, 4.69) is 26.1 Å². The number of halogens is 3. The molecule has 1 heterocycles. The van der Waals surface area contributed by atoms with Crippen molar-refractivity contribution >= 4 is 28.3 Å². The average molecular weight is 349 g/mol. The van der Waals surface area contributed by atoms with E-state index in [1.807, 2.05) is 0 Å². The van der Waals surface area contributed by atoms with Gasteiger partial charge in [0, 0.05) is 4.47 Å². The maximum Gasteiger partial charge on any atom is 0.262 e. The van der Waals surface area contributed by atoms with Gasteiger partial charge in [-0.15, -0.1) is 12.4 Å². The molecule has 1 fully saturated rings. The first kappa shape index (κ1) is 14.4. The number of benzene rings is 1. The van der Waals surface area contributed by atoms with Crippen LogP contribution >= 0.6 is 28.3 Å². The van der Waals surface area contributed by atoms with Crippen LogP contribution in [0, 0.1) is 5.82 Å². The largest absolute Gasteiger partial charge is 0.334 e. The van der Waals surface area contributed by atoms with Crippen molar-refractivity contribution in [3.05, 3.63) is 34.3 Å². The Hall–Kier alpha value is -0.980. The highest BCUT2D eigenvalue weighted by Gasteiger charge is 2.39. The van der Waals surface area contributed by atoms with E-state index in [1.165, 1.54) is 6.07 Å². The zero-order chi connectivity index (χ0) is 12.8. The summed E-state index contributed by atoms with van der Waals surface area (Å²) < 4.78 is 19.5. The average Bonchev–Trinajstić information content (AvgIpc) is 2.75. The maximum atomic E-state index is 13.7. The molecule has 1 aromatic carbocycles. The van der Waals surface area contributed by atoms with Crippen LogP contribution in [0.5, 0.6) is 0 Å². The smallest absolute Gasteiger partial charge is 0.262 e. The zero-order valence-corrected chi connectivity index (χ0v) is 12.3. The van der Waals surface area contributed by atoms with E-state index in [0.717, 1.165) is 19.3 Å². The molecule has 3 rings (SSSR count). The van der Waals surface area contributed by atoms with Crippen LogP contribution in [0.4, 0.5) is 4.39 Å². The van der Waals surface area contributed by atoms with Crippen molar-refractivity contribution in [3.63, 3.8) is 0 Å². The third-order valence-electron chi connectivity index (χ3n) is 3.29. The highest BCUT2D eigenvalue weighted by molar-refractivity contribution is 9.10. The lowest BCUT2D eigenvalue weighted by Crippen LogP contribution is -2.44. The molecule has 1 saturated carbocycles. The summed E-state index contributed by atoms with van der Waals surface area (Å²) in [5.74, 6) is 0.213. The van der Waals surface area contributed by atoms with Crippen LogP contribution in [0.3, 0.4) is 0 Å². The lowest BCUT2D eigenvalue weighted by atomic mass is 9.77. The van der Waals surface area contributed by atoms with Crippen molar-refractivity contribution in [3.8, 4) is 11.5 Å². The number of aromatic nitrogens is 2. The van der Waals surface area contributed by atoms with E-state index >= 15 is 0 Å². The summed E-state index contributed by atoms with van der Waals surface area (Å²) in [4.78, 5) is 4.22. The molecule has 1 aromatic heterocycles. The molecule has 1 aliphatic rings. The molecule has 19 heavy (non-hydrogen) atoms. The fourth-order valence-electron chi connectivity index (χ4n) is 2.01. The van der Waals surface area contributed by atoms with Crippen LogP contribution < -0.4 is 5.73 Å². The van der Waals surface area contributed by atoms with Crippen LogP contribution in [0.1, 0.15) is 25.1 Å². The fraction of sp³-hybridized carbons (Fsp3) is 0.333. The first-order valence-electron chi connectivity index (χ1n) is 5.68. The standard InChI is InChI=1S/C12H11BrFN3O.ClH/c13-7-3-1-4-8(14)9(7)10-16-11(17-18-10)12(15)5-2-6-12;/h1,3-4H,2,5-6,15H2;1H. The topological polar surface area (TPSA) is 64.9 Å². The Morgan fingerprint density at radius 1 is 1.37 bits per heavy atom. The van der Waals surface area contributed by atoms with E-state index in [1.54, 1.807) is 12.1 Å². The Balaban J connectivity index is 0.00000133. The predicted molar refractivity (Wildman–Crippen MR) is 74.4 cm³/mol. The molecule has 0 spiro atoms. The van der Waals surface area contributed by atoms with Crippen molar-refractivity contribution in [2.24, 2.45) is 5.73 Å². The molecule has 0 bridgehead atoms. The Kier molecular flexibility index (Phi) is 3.94. The SMILES string of the molecule is Cl.NC1(c2noc(-c3c(F)cccc3Br)n2)CCC1. The first-order valence-corrected chi connectivity index (χ1v) is 6.47. The minimum absolute atomic E-state index is 0. The Labute approximate surface area is 124 Å². The van der Waals surface area contributed by atoms with Crippen LogP contribution in [-0.4, -0.2) is 10.1 Å². The summed E-state index contributed by atoms with van der Waals surface area (Å²) in [5.41, 5.74) is 5.88. The molecule has 4 nitrogen and oxygen atoms in total. The van der Waals surface area contributed by atoms with Crippen molar-refractivity contribution in [2.45, 2.75) is 24.8 Å². The molecular weight excluding hydrogens is 337 g/mol. The van der Waals surface area contributed by atoms with E-state index in [0.29, 0.717) is 10.3 Å². The van der Waals surface area contributed by atoms with Gasteiger partial charge in [0.15, 0.2) is 5.82 Å². The quantitative estimate of drug-likeness (QED) is 0.903. The molecule has 7 heteroatoms. The Morgan fingerprint density at radius 3 is 2.68 bits per heavy atom. The molecule has 0 aliphatic heterocycles. The number of nitrogens with zero attached hydrogens (tertiary/aromatic N) is 2.